The molecule has 0 saturated heterocycles. The molecule has 7 heteroatoms. The van der Waals surface area contributed by atoms with Gasteiger partial charge in [0.25, 0.3) is 5.91 Å². The number of carbonyl (C=O) groups excluding carboxylic acids is 1. The number of ether oxygens (including phenoxy) is 1. The number of rotatable bonds is 7. The van der Waals surface area contributed by atoms with Crippen molar-refractivity contribution in [2.45, 2.75) is 24.3 Å². The number of carbonyl (C=O) groups is 1. The quantitative estimate of drug-likeness (QED) is 0.792. The van der Waals surface area contributed by atoms with Crippen LogP contribution < -0.4 is 14.8 Å². The van der Waals surface area contributed by atoms with Crippen molar-refractivity contribution in [3.63, 3.8) is 0 Å². The summed E-state index contributed by atoms with van der Waals surface area (Å²) in [7, 11) is -0.564. The number of nitrogens with one attached hydrogen (secondary N) is 2. The average molecular weight is 362 g/mol. The lowest BCUT2D eigenvalue weighted by Crippen LogP contribution is -2.28. The molecule has 1 unspecified atom stereocenters. The molecule has 0 fully saturated rings. The van der Waals surface area contributed by atoms with Crippen LogP contribution in [0.3, 0.4) is 0 Å². The molecule has 0 spiro atoms. The van der Waals surface area contributed by atoms with Gasteiger partial charge in [0, 0.05) is 5.56 Å². The minimum atomic E-state index is -3.51. The summed E-state index contributed by atoms with van der Waals surface area (Å²) in [4.78, 5) is 12.6. The topological polar surface area (TPSA) is 84.5 Å². The van der Waals surface area contributed by atoms with E-state index in [9.17, 15) is 13.2 Å². The van der Waals surface area contributed by atoms with Crippen molar-refractivity contribution in [1.82, 2.24) is 10.0 Å². The van der Waals surface area contributed by atoms with Crippen molar-refractivity contribution >= 4 is 15.9 Å². The van der Waals surface area contributed by atoms with Gasteiger partial charge in [0.2, 0.25) is 10.0 Å². The first-order valence-corrected chi connectivity index (χ1v) is 9.38. The molecule has 2 rings (SSSR count). The molecule has 0 aliphatic heterocycles. The number of sulfonamides is 1. The molecule has 0 heterocycles. The second-order valence-corrected chi connectivity index (χ2v) is 7.33. The summed E-state index contributed by atoms with van der Waals surface area (Å²) in [5.74, 6) is 0.502. The van der Waals surface area contributed by atoms with E-state index in [0.29, 0.717) is 5.56 Å². The smallest absolute Gasteiger partial charge is 0.251 e. The Balaban J connectivity index is 2.13. The Hall–Kier alpha value is -2.38. The molecule has 6 nitrogen and oxygen atoms in total. The molecule has 1 atom stereocenters. The molecular formula is C18H22N2O4S. The van der Waals surface area contributed by atoms with E-state index < -0.39 is 10.0 Å². The molecule has 0 aliphatic carbocycles. The minimum absolute atomic E-state index is 0.119. The molecule has 25 heavy (non-hydrogen) atoms. The van der Waals surface area contributed by atoms with Crippen molar-refractivity contribution < 1.29 is 17.9 Å². The molecule has 2 aromatic rings. The number of benzene rings is 2. The van der Waals surface area contributed by atoms with Crippen molar-refractivity contribution in [2.24, 2.45) is 0 Å². The van der Waals surface area contributed by atoms with Crippen LogP contribution in [0.2, 0.25) is 0 Å². The third-order valence-corrected chi connectivity index (χ3v) is 5.36. The first-order chi connectivity index (χ1) is 11.9. The molecule has 0 aromatic heterocycles. The van der Waals surface area contributed by atoms with Gasteiger partial charge in [0.1, 0.15) is 5.75 Å². The first-order valence-electron chi connectivity index (χ1n) is 7.89. The molecule has 0 radical (unpaired) electrons. The van der Waals surface area contributed by atoms with Gasteiger partial charge >= 0.3 is 0 Å². The summed E-state index contributed by atoms with van der Waals surface area (Å²) in [6.07, 6.45) is 0.726. The second kappa shape index (κ2) is 8.13. The number of amides is 1. The molecule has 2 N–H and O–H groups in total. The van der Waals surface area contributed by atoms with Gasteiger partial charge in [-0.1, -0.05) is 19.1 Å². The fraction of sp³-hybridized carbons (Fsp3) is 0.278. The van der Waals surface area contributed by atoms with Crippen LogP contribution in [0.25, 0.3) is 0 Å². The Bertz CT molecular complexity index is 815. The number of hydrogen-bond acceptors (Lipinski definition) is 4. The van der Waals surface area contributed by atoms with Gasteiger partial charge in [0.05, 0.1) is 18.0 Å². The summed E-state index contributed by atoms with van der Waals surface area (Å²) in [6.45, 7) is 1.98. The van der Waals surface area contributed by atoms with Gasteiger partial charge in [-0.15, -0.1) is 0 Å². The van der Waals surface area contributed by atoms with E-state index in [1.807, 2.05) is 31.2 Å². The molecule has 134 valence electrons. The Kier molecular flexibility index (Phi) is 6.17. The van der Waals surface area contributed by atoms with Gasteiger partial charge in [0.15, 0.2) is 0 Å². The fourth-order valence-corrected chi connectivity index (χ4v) is 3.13. The van der Waals surface area contributed by atoms with Crippen LogP contribution in [0, 0.1) is 0 Å². The maximum atomic E-state index is 12.4. The van der Waals surface area contributed by atoms with Crippen LogP contribution in [-0.2, 0) is 10.0 Å². The molecule has 2 aromatic carbocycles. The van der Waals surface area contributed by atoms with Crippen molar-refractivity contribution in [3.05, 3.63) is 59.7 Å². The summed E-state index contributed by atoms with van der Waals surface area (Å²) in [5.41, 5.74) is 1.38. The lowest BCUT2D eigenvalue weighted by atomic mass is 10.0. The average Bonchev–Trinajstić information content (AvgIpc) is 2.66. The lowest BCUT2D eigenvalue weighted by molar-refractivity contribution is 0.0935. The second-order valence-electron chi connectivity index (χ2n) is 5.44. The molecular weight excluding hydrogens is 340 g/mol. The van der Waals surface area contributed by atoms with Crippen LogP contribution >= 0.6 is 0 Å². The Morgan fingerprint density at radius 2 is 1.68 bits per heavy atom. The van der Waals surface area contributed by atoms with Crippen molar-refractivity contribution in [3.8, 4) is 5.75 Å². The monoisotopic (exact) mass is 362 g/mol. The maximum Gasteiger partial charge on any atom is 0.251 e. The van der Waals surface area contributed by atoms with Gasteiger partial charge in [-0.25, -0.2) is 13.1 Å². The van der Waals surface area contributed by atoms with E-state index in [0.717, 1.165) is 17.7 Å². The first kappa shape index (κ1) is 19.0. The highest BCUT2D eigenvalue weighted by Gasteiger charge is 2.16. The highest BCUT2D eigenvalue weighted by atomic mass is 32.2. The molecule has 0 bridgehead atoms. The van der Waals surface area contributed by atoms with Crippen LogP contribution in [0.5, 0.6) is 5.75 Å². The van der Waals surface area contributed by atoms with Crippen LogP contribution in [0.4, 0.5) is 0 Å². The third-order valence-electron chi connectivity index (χ3n) is 3.93. The van der Waals surface area contributed by atoms with Gasteiger partial charge < -0.3 is 10.1 Å². The van der Waals surface area contributed by atoms with Gasteiger partial charge in [-0.2, -0.15) is 0 Å². The van der Waals surface area contributed by atoms with Crippen LogP contribution in [-0.4, -0.2) is 28.5 Å². The summed E-state index contributed by atoms with van der Waals surface area (Å²) >= 11 is 0. The Labute approximate surface area is 148 Å². The van der Waals surface area contributed by atoms with E-state index in [1.54, 1.807) is 7.11 Å². The summed E-state index contributed by atoms with van der Waals surface area (Å²) in [5, 5.41) is 2.96. The zero-order valence-corrected chi connectivity index (χ0v) is 15.3. The van der Waals surface area contributed by atoms with Gasteiger partial charge in [-0.3, -0.25) is 4.79 Å². The number of hydrogen-bond donors (Lipinski definition) is 2. The predicted octanol–water partition coefficient (Wildman–Crippen LogP) is 2.48. The third kappa shape index (κ3) is 4.58. The fourth-order valence-electron chi connectivity index (χ4n) is 2.40. The van der Waals surface area contributed by atoms with Crippen LogP contribution in [0.15, 0.2) is 53.4 Å². The largest absolute Gasteiger partial charge is 0.497 e. The Morgan fingerprint density at radius 1 is 1.08 bits per heavy atom. The van der Waals surface area contributed by atoms with E-state index in [4.69, 9.17) is 4.74 Å². The highest BCUT2D eigenvalue weighted by Crippen LogP contribution is 2.21. The Morgan fingerprint density at radius 3 is 2.16 bits per heavy atom. The van der Waals surface area contributed by atoms with E-state index in [2.05, 4.69) is 10.0 Å². The summed E-state index contributed by atoms with van der Waals surface area (Å²) in [6, 6.07) is 13.2. The van der Waals surface area contributed by atoms with E-state index >= 15 is 0 Å². The van der Waals surface area contributed by atoms with Crippen molar-refractivity contribution in [2.75, 3.05) is 14.2 Å². The lowest BCUT2D eigenvalue weighted by Gasteiger charge is -2.18. The standard InChI is InChI=1S/C18H22N2O4S/c1-4-17(13-5-9-15(24-3)10-6-13)20-18(21)14-7-11-16(12-8-14)25(22,23)19-2/h5-12,17,19H,4H2,1-3H3,(H,20,21). The summed E-state index contributed by atoms with van der Waals surface area (Å²) < 4.78 is 30.8. The maximum absolute atomic E-state index is 12.4. The number of methoxy groups -OCH3 is 1. The minimum Gasteiger partial charge on any atom is -0.497 e. The zero-order valence-electron chi connectivity index (χ0n) is 14.4. The van der Waals surface area contributed by atoms with Gasteiger partial charge in [-0.05, 0) is 55.4 Å². The highest BCUT2D eigenvalue weighted by molar-refractivity contribution is 7.89. The zero-order chi connectivity index (χ0) is 18.4. The van der Waals surface area contributed by atoms with Crippen molar-refractivity contribution in [1.29, 1.82) is 0 Å². The predicted molar refractivity (Wildman–Crippen MR) is 96.2 cm³/mol. The van der Waals surface area contributed by atoms with Crippen LogP contribution in [0.1, 0.15) is 35.3 Å². The SMILES string of the molecule is CCC(NC(=O)c1ccc(S(=O)(=O)NC)cc1)c1ccc(OC)cc1. The molecule has 0 aliphatic rings. The van der Waals surface area contributed by atoms with E-state index in [-0.39, 0.29) is 16.8 Å². The molecule has 1 amide bonds. The molecule has 0 saturated carbocycles. The normalized spacial score (nSPS) is 12.4. The van der Waals surface area contributed by atoms with E-state index in [1.165, 1.54) is 31.3 Å².